The maximum Gasteiger partial charge on any atom is 0.346 e. The lowest BCUT2D eigenvalue weighted by atomic mass is 9.77. The van der Waals surface area contributed by atoms with Crippen LogP contribution in [0.2, 0.25) is 0 Å². The molecule has 2 aromatic rings. The Hall–Kier alpha value is -2.30. The van der Waals surface area contributed by atoms with E-state index in [4.69, 9.17) is 4.74 Å². The fraction of sp³-hybridized carbons (Fsp3) is 0.536. The first-order valence-corrected chi connectivity index (χ1v) is 12.4. The van der Waals surface area contributed by atoms with Crippen LogP contribution in [-0.4, -0.2) is 5.97 Å². The molecule has 1 aliphatic rings. The van der Waals surface area contributed by atoms with Crippen molar-refractivity contribution in [1.82, 2.24) is 0 Å². The van der Waals surface area contributed by atoms with Gasteiger partial charge in [-0.25, -0.2) is 18.0 Å². The molecule has 0 saturated heterocycles. The highest BCUT2D eigenvalue weighted by Crippen LogP contribution is 2.34. The Bertz CT molecular complexity index is 904. The van der Waals surface area contributed by atoms with Gasteiger partial charge in [0.25, 0.3) is 0 Å². The second kappa shape index (κ2) is 12.8. The zero-order valence-corrected chi connectivity index (χ0v) is 19.6. The number of benzene rings is 2. The standard InChI is InChI=1S/C28H35F3O2/c1-2-3-4-5-6-7-20-8-10-21(11-9-20)12-13-22-14-16-24(26(30)18-22)28(32)33-23-15-17-25(29)27(31)19-23/h14-21H,2-13H2,1H3. The number of carbonyl (C=O) groups is 1. The van der Waals surface area contributed by atoms with Gasteiger partial charge in [-0.2, -0.15) is 0 Å². The minimum atomic E-state index is -1.13. The molecule has 1 saturated carbocycles. The topological polar surface area (TPSA) is 26.3 Å². The van der Waals surface area contributed by atoms with Crippen molar-refractivity contribution in [3.8, 4) is 5.75 Å². The lowest BCUT2D eigenvalue weighted by Crippen LogP contribution is -2.15. The largest absolute Gasteiger partial charge is 0.423 e. The van der Waals surface area contributed by atoms with E-state index < -0.39 is 23.4 Å². The fourth-order valence-corrected chi connectivity index (χ4v) is 4.80. The maximum absolute atomic E-state index is 14.5. The molecule has 0 N–H and O–H groups in total. The number of carbonyl (C=O) groups excluding carboxylic acids is 1. The SMILES string of the molecule is CCCCCCCC1CCC(CCc2ccc(C(=O)Oc3ccc(F)c(F)c3)c(F)c2)CC1. The predicted molar refractivity (Wildman–Crippen MR) is 125 cm³/mol. The summed E-state index contributed by atoms with van der Waals surface area (Å²) in [6.45, 7) is 2.25. The van der Waals surface area contributed by atoms with Gasteiger partial charge in [-0.3, -0.25) is 0 Å². The van der Waals surface area contributed by atoms with Gasteiger partial charge < -0.3 is 4.74 Å². The highest BCUT2D eigenvalue weighted by Gasteiger charge is 2.21. The van der Waals surface area contributed by atoms with Crippen LogP contribution < -0.4 is 4.74 Å². The van der Waals surface area contributed by atoms with Gasteiger partial charge in [-0.05, 0) is 54.5 Å². The summed E-state index contributed by atoms with van der Waals surface area (Å²) in [5, 5.41) is 0. The van der Waals surface area contributed by atoms with E-state index in [1.807, 2.05) is 0 Å². The first kappa shape index (κ1) is 25.3. The van der Waals surface area contributed by atoms with Crippen LogP contribution >= 0.6 is 0 Å². The molecule has 0 atom stereocenters. The molecule has 1 fully saturated rings. The van der Waals surface area contributed by atoms with Crippen LogP contribution in [0.5, 0.6) is 5.75 Å². The maximum atomic E-state index is 14.5. The molecule has 0 heterocycles. The van der Waals surface area contributed by atoms with Crippen molar-refractivity contribution in [2.24, 2.45) is 11.8 Å². The van der Waals surface area contributed by atoms with E-state index >= 15 is 0 Å². The summed E-state index contributed by atoms with van der Waals surface area (Å²) in [7, 11) is 0. The molecule has 2 nitrogen and oxygen atoms in total. The zero-order chi connectivity index (χ0) is 23.6. The van der Waals surface area contributed by atoms with Crippen LogP contribution in [0.15, 0.2) is 36.4 Å². The van der Waals surface area contributed by atoms with Gasteiger partial charge in [0.15, 0.2) is 11.6 Å². The molecule has 180 valence electrons. The Kier molecular flexibility index (Phi) is 9.83. The summed E-state index contributed by atoms with van der Waals surface area (Å²) in [5.41, 5.74) is 0.637. The number of ether oxygens (including phenoxy) is 1. The fourth-order valence-electron chi connectivity index (χ4n) is 4.80. The van der Waals surface area contributed by atoms with E-state index in [1.54, 1.807) is 6.07 Å². The van der Waals surface area contributed by atoms with Crippen molar-refractivity contribution in [3.05, 3.63) is 65.0 Å². The van der Waals surface area contributed by atoms with Gasteiger partial charge >= 0.3 is 5.97 Å². The second-order valence-corrected chi connectivity index (χ2v) is 9.41. The zero-order valence-electron chi connectivity index (χ0n) is 19.6. The Morgan fingerprint density at radius 1 is 0.818 bits per heavy atom. The number of rotatable bonds is 11. The van der Waals surface area contributed by atoms with E-state index in [9.17, 15) is 18.0 Å². The molecular weight excluding hydrogens is 425 g/mol. The first-order valence-electron chi connectivity index (χ1n) is 12.4. The third-order valence-corrected chi connectivity index (χ3v) is 6.88. The van der Waals surface area contributed by atoms with Crippen molar-refractivity contribution in [2.45, 2.75) is 84.0 Å². The Morgan fingerprint density at radius 3 is 2.18 bits per heavy atom. The van der Waals surface area contributed by atoms with E-state index in [2.05, 4.69) is 6.92 Å². The number of unbranched alkanes of at least 4 members (excludes halogenated alkanes) is 4. The van der Waals surface area contributed by atoms with Crippen LogP contribution in [0.25, 0.3) is 0 Å². The smallest absolute Gasteiger partial charge is 0.346 e. The minimum absolute atomic E-state index is 0.168. The lowest BCUT2D eigenvalue weighted by molar-refractivity contribution is 0.0729. The molecule has 0 radical (unpaired) electrons. The Balaban J connectivity index is 1.42. The molecule has 3 rings (SSSR count). The second-order valence-electron chi connectivity index (χ2n) is 9.41. The molecule has 0 aliphatic heterocycles. The first-order chi connectivity index (χ1) is 16.0. The van der Waals surface area contributed by atoms with Crippen LogP contribution in [0, 0.1) is 29.3 Å². The lowest BCUT2D eigenvalue weighted by Gasteiger charge is -2.28. The van der Waals surface area contributed by atoms with Gasteiger partial charge in [0.05, 0.1) is 5.56 Å². The van der Waals surface area contributed by atoms with E-state index in [-0.39, 0.29) is 11.3 Å². The summed E-state index contributed by atoms with van der Waals surface area (Å²) in [5.74, 6) is -2.37. The molecule has 0 amide bonds. The average molecular weight is 461 g/mol. The van der Waals surface area contributed by atoms with Crippen molar-refractivity contribution < 1.29 is 22.7 Å². The molecule has 5 heteroatoms. The van der Waals surface area contributed by atoms with Gasteiger partial charge in [-0.15, -0.1) is 0 Å². The highest BCUT2D eigenvalue weighted by molar-refractivity contribution is 5.91. The van der Waals surface area contributed by atoms with Crippen molar-refractivity contribution in [2.75, 3.05) is 0 Å². The van der Waals surface area contributed by atoms with Crippen molar-refractivity contribution in [1.29, 1.82) is 0 Å². The quantitative estimate of drug-likeness (QED) is 0.191. The predicted octanol–water partition coefficient (Wildman–Crippen LogP) is 8.42. The molecule has 0 aromatic heterocycles. The molecule has 0 spiro atoms. The van der Waals surface area contributed by atoms with Crippen LogP contribution in [0.1, 0.15) is 93.5 Å². The van der Waals surface area contributed by atoms with Crippen LogP contribution in [0.3, 0.4) is 0 Å². The van der Waals surface area contributed by atoms with Crippen LogP contribution in [-0.2, 0) is 6.42 Å². The van der Waals surface area contributed by atoms with Gasteiger partial charge in [-0.1, -0.05) is 77.2 Å². The molecule has 1 aliphatic carbocycles. The number of halogens is 3. The molecule has 0 bridgehead atoms. The number of hydrogen-bond acceptors (Lipinski definition) is 2. The van der Waals surface area contributed by atoms with E-state index in [1.165, 1.54) is 76.3 Å². The van der Waals surface area contributed by atoms with Gasteiger partial charge in [0.2, 0.25) is 0 Å². The number of aryl methyl sites for hydroxylation is 1. The summed E-state index contributed by atoms with van der Waals surface area (Å²) < 4.78 is 45.8. The van der Waals surface area contributed by atoms with Crippen molar-refractivity contribution >= 4 is 5.97 Å². The molecular formula is C28H35F3O2. The third kappa shape index (κ3) is 7.90. The third-order valence-electron chi connectivity index (χ3n) is 6.88. The summed E-state index contributed by atoms with van der Waals surface area (Å²) in [6.07, 6.45) is 15.0. The van der Waals surface area contributed by atoms with Crippen molar-refractivity contribution in [3.63, 3.8) is 0 Å². The summed E-state index contributed by atoms with van der Waals surface area (Å²) in [6, 6.07) is 7.28. The molecule has 33 heavy (non-hydrogen) atoms. The molecule has 0 unspecified atom stereocenters. The average Bonchev–Trinajstić information content (AvgIpc) is 2.81. The highest BCUT2D eigenvalue weighted by atomic mass is 19.2. The van der Waals surface area contributed by atoms with E-state index in [0.29, 0.717) is 5.92 Å². The van der Waals surface area contributed by atoms with E-state index in [0.717, 1.165) is 42.5 Å². The summed E-state index contributed by atoms with van der Waals surface area (Å²) in [4.78, 5) is 12.2. The monoisotopic (exact) mass is 460 g/mol. The number of hydrogen-bond donors (Lipinski definition) is 0. The Morgan fingerprint density at radius 2 is 1.52 bits per heavy atom. The Labute approximate surface area is 195 Å². The van der Waals surface area contributed by atoms with Gasteiger partial charge in [0, 0.05) is 6.07 Å². The summed E-state index contributed by atoms with van der Waals surface area (Å²) >= 11 is 0. The minimum Gasteiger partial charge on any atom is -0.423 e. The van der Waals surface area contributed by atoms with Crippen LogP contribution in [0.4, 0.5) is 13.2 Å². The molecule has 2 aromatic carbocycles. The normalized spacial score (nSPS) is 18.3. The number of esters is 1. The van der Waals surface area contributed by atoms with Gasteiger partial charge in [0.1, 0.15) is 11.6 Å².